The van der Waals surface area contributed by atoms with E-state index in [2.05, 4.69) is 33.0 Å². The second-order valence-electron chi connectivity index (χ2n) is 13.1. The molecule has 2 heterocycles. The second kappa shape index (κ2) is 19.3. The van der Waals surface area contributed by atoms with E-state index in [1.165, 1.54) is 49.0 Å². The molecule has 3 N–H and O–H groups in total. The number of thioether (sulfide) groups is 1. The molecule has 294 valence electrons. The van der Waals surface area contributed by atoms with Gasteiger partial charge in [0.2, 0.25) is 5.91 Å². The summed E-state index contributed by atoms with van der Waals surface area (Å²) >= 11 is 2.72. The fraction of sp³-hybridized carbons (Fsp3) is 0.227. The molecule has 0 radical (unpaired) electrons. The highest BCUT2D eigenvalue weighted by molar-refractivity contribution is 8.00. The van der Waals surface area contributed by atoms with Crippen LogP contribution in [0.5, 0.6) is 11.5 Å². The Labute approximate surface area is 340 Å². The summed E-state index contributed by atoms with van der Waals surface area (Å²) in [6, 6.07) is 31.2. The van der Waals surface area contributed by atoms with Crippen LogP contribution in [0.15, 0.2) is 114 Å². The van der Waals surface area contributed by atoms with Gasteiger partial charge in [-0.05, 0) is 73.9 Å². The van der Waals surface area contributed by atoms with E-state index in [4.69, 9.17) is 14.2 Å². The Morgan fingerprint density at radius 1 is 0.895 bits per heavy atom. The van der Waals surface area contributed by atoms with Crippen LogP contribution in [-0.4, -0.2) is 61.2 Å². The number of amides is 3. The van der Waals surface area contributed by atoms with Crippen LogP contribution in [0.2, 0.25) is 0 Å². The largest absolute Gasteiger partial charge is 0.493 e. The first-order valence-corrected chi connectivity index (χ1v) is 20.1. The molecule has 0 saturated heterocycles. The summed E-state index contributed by atoms with van der Waals surface area (Å²) in [5.74, 6) is -0.904. The van der Waals surface area contributed by atoms with Crippen molar-refractivity contribution in [3.05, 3.63) is 142 Å². The van der Waals surface area contributed by atoms with Gasteiger partial charge in [0.25, 0.3) is 11.8 Å². The third kappa shape index (κ3) is 10.3. The zero-order valence-corrected chi connectivity index (χ0v) is 33.8. The smallest absolute Gasteiger partial charge is 0.341 e. The summed E-state index contributed by atoms with van der Waals surface area (Å²) in [4.78, 5) is 58.1. The SMILES string of the molecule is CCOC(=O)c1c(NC(=O)C(C)Sc2cccc(NC(=O)/C(=C\c3cccc(OC)c3OC)NC(=O)c3ccccc3)c2)sc2c1CCN(Cc1ccccc1)C2. The number of thiophene rings is 1. The molecular formula is C44H44N4O7S2. The first-order valence-electron chi connectivity index (χ1n) is 18.4. The van der Waals surface area contributed by atoms with Crippen LogP contribution in [0.3, 0.4) is 0 Å². The number of carbonyl (C=O) groups is 4. The Morgan fingerprint density at radius 3 is 2.35 bits per heavy atom. The highest BCUT2D eigenvalue weighted by Crippen LogP contribution is 2.39. The van der Waals surface area contributed by atoms with Gasteiger partial charge in [-0.25, -0.2) is 4.79 Å². The quantitative estimate of drug-likeness (QED) is 0.0546. The number of hydrogen-bond donors (Lipinski definition) is 3. The fourth-order valence-corrected chi connectivity index (χ4v) is 8.59. The molecule has 1 aliphatic heterocycles. The Hall–Kier alpha value is -5.89. The lowest BCUT2D eigenvalue weighted by Gasteiger charge is -2.27. The molecule has 1 atom stereocenters. The molecule has 0 saturated carbocycles. The number of hydrogen-bond acceptors (Lipinski definition) is 10. The number of nitrogens with one attached hydrogen (secondary N) is 3. The number of carbonyl (C=O) groups excluding carboxylic acids is 4. The molecular weight excluding hydrogens is 761 g/mol. The van der Waals surface area contributed by atoms with Crippen molar-refractivity contribution in [1.29, 1.82) is 0 Å². The van der Waals surface area contributed by atoms with Crippen LogP contribution in [0, 0.1) is 0 Å². The number of rotatable bonds is 15. The van der Waals surface area contributed by atoms with Crippen molar-refractivity contribution in [1.82, 2.24) is 10.2 Å². The van der Waals surface area contributed by atoms with Crippen LogP contribution < -0.4 is 25.4 Å². The summed E-state index contributed by atoms with van der Waals surface area (Å²) in [5.41, 5.74) is 3.89. The van der Waals surface area contributed by atoms with E-state index in [1.54, 1.807) is 80.6 Å². The maximum Gasteiger partial charge on any atom is 0.341 e. The molecule has 6 rings (SSSR count). The lowest BCUT2D eigenvalue weighted by atomic mass is 10.0. The zero-order valence-electron chi connectivity index (χ0n) is 32.1. The molecule has 1 aromatic heterocycles. The number of ether oxygens (including phenoxy) is 3. The predicted molar refractivity (Wildman–Crippen MR) is 225 cm³/mol. The van der Waals surface area contributed by atoms with Crippen LogP contribution in [0.4, 0.5) is 10.7 Å². The summed E-state index contributed by atoms with van der Waals surface area (Å²) in [7, 11) is 3.01. The van der Waals surface area contributed by atoms with Crippen LogP contribution in [0.1, 0.15) is 56.1 Å². The molecule has 13 heteroatoms. The second-order valence-corrected chi connectivity index (χ2v) is 15.6. The fourth-order valence-electron chi connectivity index (χ4n) is 6.38. The first kappa shape index (κ1) is 40.8. The molecule has 11 nitrogen and oxygen atoms in total. The van der Waals surface area contributed by atoms with Crippen LogP contribution >= 0.6 is 23.1 Å². The molecule has 0 aliphatic carbocycles. The van der Waals surface area contributed by atoms with Crippen molar-refractivity contribution in [3.8, 4) is 11.5 Å². The predicted octanol–water partition coefficient (Wildman–Crippen LogP) is 8.03. The van der Waals surface area contributed by atoms with Crippen molar-refractivity contribution < 1.29 is 33.4 Å². The van der Waals surface area contributed by atoms with Gasteiger partial charge in [-0.15, -0.1) is 23.1 Å². The topological polar surface area (TPSA) is 135 Å². The lowest BCUT2D eigenvalue weighted by molar-refractivity contribution is -0.115. The molecule has 3 amide bonds. The number of fused-ring (bicyclic) bond motifs is 1. The summed E-state index contributed by atoms with van der Waals surface area (Å²) < 4.78 is 16.4. The van der Waals surface area contributed by atoms with Gasteiger partial charge in [0.05, 0.1) is 31.6 Å². The third-order valence-corrected chi connectivity index (χ3v) is 11.4. The molecule has 0 spiro atoms. The Balaban J connectivity index is 1.17. The summed E-state index contributed by atoms with van der Waals surface area (Å²) in [6.45, 7) is 6.01. The zero-order chi connectivity index (χ0) is 40.3. The van der Waals surface area contributed by atoms with Crippen molar-refractivity contribution in [2.75, 3.05) is 38.0 Å². The van der Waals surface area contributed by atoms with Gasteiger partial charge in [-0.2, -0.15) is 0 Å². The van der Waals surface area contributed by atoms with E-state index in [0.29, 0.717) is 51.8 Å². The van der Waals surface area contributed by atoms with Crippen molar-refractivity contribution in [3.63, 3.8) is 0 Å². The Kier molecular flexibility index (Phi) is 13.8. The molecule has 1 aliphatic rings. The lowest BCUT2D eigenvalue weighted by Crippen LogP contribution is -2.30. The van der Waals surface area contributed by atoms with Crippen molar-refractivity contribution in [2.24, 2.45) is 0 Å². The van der Waals surface area contributed by atoms with Gasteiger partial charge >= 0.3 is 5.97 Å². The van der Waals surface area contributed by atoms with Gasteiger partial charge in [0.15, 0.2) is 11.5 Å². The molecule has 57 heavy (non-hydrogen) atoms. The average molecular weight is 805 g/mol. The van der Waals surface area contributed by atoms with E-state index in [1.807, 2.05) is 24.3 Å². The molecule has 5 aromatic rings. The minimum absolute atomic E-state index is 0.0274. The van der Waals surface area contributed by atoms with E-state index < -0.39 is 23.0 Å². The molecule has 0 fully saturated rings. The van der Waals surface area contributed by atoms with Gasteiger partial charge in [0, 0.05) is 46.2 Å². The van der Waals surface area contributed by atoms with Crippen LogP contribution in [0.25, 0.3) is 6.08 Å². The van der Waals surface area contributed by atoms with Crippen molar-refractivity contribution >= 4 is 63.6 Å². The highest BCUT2D eigenvalue weighted by atomic mass is 32.2. The molecule has 1 unspecified atom stereocenters. The summed E-state index contributed by atoms with van der Waals surface area (Å²) in [6.07, 6.45) is 2.20. The average Bonchev–Trinajstić information content (AvgIpc) is 3.58. The van der Waals surface area contributed by atoms with E-state index in [-0.39, 0.29) is 18.2 Å². The van der Waals surface area contributed by atoms with E-state index >= 15 is 0 Å². The monoisotopic (exact) mass is 804 g/mol. The maximum atomic E-state index is 13.8. The normalized spacial score (nSPS) is 13.2. The molecule has 4 aromatic carbocycles. The van der Waals surface area contributed by atoms with Gasteiger partial charge in [-0.1, -0.05) is 66.7 Å². The standard InChI is InChI=1S/C44H44N4O7S2/c1-5-55-44(52)38-34-22-23-48(26-29-14-8-6-9-15-29)27-37(34)57-43(38)47-40(49)28(2)56-33-20-13-19-32(25-33)45-42(51)35(46-41(50)30-16-10-7-11-17-30)24-31-18-12-21-36(53-3)39(31)54-4/h6-21,24-25,28H,5,22-23,26-27H2,1-4H3,(H,45,51)(H,46,50)(H,47,49)/b35-24+. The first-order chi connectivity index (χ1) is 27.7. The van der Waals surface area contributed by atoms with Gasteiger partial charge < -0.3 is 30.2 Å². The number of esters is 1. The number of anilines is 2. The van der Waals surface area contributed by atoms with Crippen molar-refractivity contribution in [2.45, 2.75) is 43.5 Å². The number of nitrogens with zero attached hydrogens (tertiary/aromatic N) is 1. The van der Waals surface area contributed by atoms with E-state index in [9.17, 15) is 19.2 Å². The minimum atomic E-state index is -0.576. The van der Waals surface area contributed by atoms with E-state index in [0.717, 1.165) is 28.4 Å². The number of para-hydroxylation sites is 1. The summed E-state index contributed by atoms with van der Waals surface area (Å²) in [5, 5.41) is 8.58. The Morgan fingerprint density at radius 2 is 1.63 bits per heavy atom. The van der Waals surface area contributed by atoms with Gasteiger partial charge in [0.1, 0.15) is 10.7 Å². The number of benzene rings is 4. The van der Waals surface area contributed by atoms with Crippen LogP contribution in [-0.2, 0) is 33.8 Å². The maximum absolute atomic E-state index is 13.8. The Bertz CT molecular complexity index is 2260. The third-order valence-electron chi connectivity index (χ3n) is 9.14. The number of methoxy groups -OCH3 is 2. The molecule has 0 bridgehead atoms. The minimum Gasteiger partial charge on any atom is -0.493 e. The van der Waals surface area contributed by atoms with Gasteiger partial charge in [-0.3, -0.25) is 19.3 Å². The highest BCUT2D eigenvalue weighted by Gasteiger charge is 2.30.